The van der Waals surface area contributed by atoms with Crippen molar-refractivity contribution < 1.29 is 9.53 Å². The Morgan fingerprint density at radius 2 is 1.83 bits per heavy atom. The van der Waals surface area contributed by atoms with Crippen LogP contribution in [0.1, 0.15) is 36.3 Å². The lowest BCUT2D eigenvalue weighted by Gasteiger charge is -2.35. The molecule has 7 heteroatoms. The van der Waals surface area contributed by atoms with E-state index in [4.69, 9.17) is 16.3 Å². The van der Waals surface area contributed by atoms with Gasteiger partial charge in [-0.15, -0.1) is 0 Å². The number of benzene rings is 1. The molecule has 0 aliphatic carbocycles. The lowest BCUT2D eigenvalue weighted by atomic mass is 9.91. The normalized spacial score (nSPS) is 19.6. The van der Waals surface area contributed by atoms with Crippen molar-refractivity contribution >= 4 is 28.5 Å². The molecule has 1 aliphatic rings. The van der Waals surface area contributed by atoms with Gasteiger partial charge in [0.25, 0.3) is 5.91 Å². The molecule has 3 heterocycles. The Bertz CT molecular complexity index is 1050. The predicted molar refractivity (Wildman–Crippen MR) is 114 cm³/mol. The topological polar surface area (TPSA) is 60.3 Å². The molecule has 1 fully saturated rings. The average molecular weight is 413 g/mol. The number of hydrogen-bond acceptors (Lipinski definition) is 4. The second-order valence-corrected chi connectivity index (χ2v) is 8.41. The fraction of sp³-hybridized carbons (Fsp3) is 0.409. The molecule has 1 aromatic carbocycles. The highest BCUT2D eigenvalue weighted by Gasteiger charge is 2.29. The van der Waals surface area contributed by atoms with E-state index in [1.807, 2.05) is 36.1 Å². The van der Waals surface area contributed by atoms with Crippen molar-refractivity contribution in [1.82, 2.24) is 19.7 Å². The third kappa shape index (κ3) is 3.57. The zero-order valence-electron chi connectivity index (χ0n) is 17.1. The Kier molecular flexibility index (Phi) is 5.21. The van der Waals surface area contributed by atoms with Gasteiger partial charge < -0.3 is 9.64 Å². The molecule has 6 nitrogen and oxygen atoms in total. The summed E-state index contributed by atoms with van der Waals surface area (Å²) in [6.45, 7) is 7.75. The monoisotopic (exact) mass is 412 g/mol. The number of halogens is 1. The van der Waals surface area contributed by atoms with Gasteiger partial charge in [-0.05, 0) is 49.4 Å². The maximum atomic E-state index is 13.2. The third-order valence-electron chi connectivity index (χ3n) is 5.51. The summed E-state index contributed by atoms with van der Waals surface area (Å²) >= 11 is 6.72. The van der Waals surface area contributed by atoms with Gasteiger partial charge in [-0.3, -0.25) is 4.79 Å². The van der Waals surface area contributed by atoms with Crippen LogP contribution in [0.2, 0.25) is 5.02 Å². The van der Waals surface area contributed by atoms with E-state index >= 15 is 0 Å². The Balaban J connectivity index is 1.74. The van der Waals surface area contributed by atoms with Crippen LogP contribution < -0.4 is 4.74 Å². The molecule has 152 valence electrons. The molecule has 0 saturated carbocycles. The molecular weight excluding hydrogens is 388 g/mol. The number of pyridine rings is 1. The number of rotatable bonds is 3. The molecule has 3 aromatic rings. The fourth-order valence-corrected chi connectivity index (χ4v) is 4.61. The van der Waals surface area contributed by atoms with Crippen molar-refractivity contribution in [3.63, 3.8) is 0 Å². The molecule has 1 saturated heterocycles. The van der Waals surface area contributed by atoms with Crippen LogP contribution in [0.4, 0.5) is 0 Å². The first kappa shape index (κ1) is 19.7. The molecule has 1 aliphatic heterocycles. The maximum absolute atomic E-state index is 13.2. The first-order chi connectivity index (χ1) is 13.9. The Hall–Kier alpha value is -2.60. The molecule has 0 unspecified atom stereocenters. The number of hydrogen-bond donors (Lipinski definition) is 0. The number of nitrogens with zero attached hydrogens (tertiary/aromatic N) is 4. The van der Waals surface area contributed by atoms with Crippen molar-refractivity contribution in [1.29, 1.82) is 0 Å². The summed E-state index contributed by atoms with van der Waals surface area (Å²) in [5, 5.41) is 5.75. The number of carbonyl (C=O) groups excluding carboxylic acids is 1. The van der Waals surface area contributed by atoms with E-state index in [0.29, 0.717) is 33.5 Å². The molecular formula is C22H25ClN4O2. The van der Waals surface area contributed by atoms with E-state index in [1.54, 1.807) is 18.0 Å². The van der Waals surface area contributed by atoms with Gasteiger partial charge in [-0.2, -0.15) is 5.10 Å². The largest absolute Gasteiger partial charge is 0.497 e. The minimum Gasteiger partial charge on any atom is -0.497 e. The predicted octanol–water partition coefficient (Wildman–Crippen LogP) is 4.51. The minimum atomic E-state index is -0.0561. The fourth-order valence-electron chi connectivity index (χ4n) is 4.26. The second-order valence-electron chi connectivity index (χ2n) is 8.04. The van der Waals surface area contributed by atoms with Crippen LogP contribution in [-0.4, -0.2) is 45.8 Å². The quantitative estimate of drug-likeness (QED) is 0.635. The SMILES string of the molecule is COc1ccc(-n2nc(C)c3c(Cl)c(C(=O)N4C[C@H](C)C[C@@H](C)C4)cnc32)cc1. The van der Waals surface area contributed by atoms with Crippen molar-refractivity contribution in [3.05, 3.63) is 46.7 Å². The van der Waals surface area contributed by atoms with E-state index in [2.05, 4.69) is 23.9 Å². The zero-order chi connectivity index (χ0) is 20.7. The number of fused-ring (bicyclic) bond motifs is 1. The number of aromatic nitrogens is 3. The number of likely N-dealkylation sites (tertiary alicyclic amines) is 1. The molecule has 0 radical (unpaired) electrons. The minimum absolute atomic E-state index is 0.0561. The number of methoxy groups -OCH3 is 1. The summed E-state index contributed by atoms with van der Waals surface area (Å²) in [7, 11) is 1.63. The summed E-state index contributed by atoms with van der Waals surface area (Å²) in [5.41, 5.74) is 2.67. The van der Waals surface area contributed by atoms with Gasteiger partial charge in [-0.25, -0.2) is 9.67 Å². The first-order valence-electron chi connectivity index (χ1n) is 9.86. The van der Waals surface area contributed by atoms with Crippen LogP contribution in [0, 0.1) is 18.8 Å². The summed E-state index contributed by atoms with van der Waals surface area (Å²) in [6.07, 6.45) is 2.72. The second kappa shape index (κ2) is 7.67. The van der Waals surface area contributed by atoms with E-state index in [1.165, 1.54) is 0 Å². The van der Waals surface area contributed by atoms with Crippen molar-refractivity contribution in [2.75, 3.05) is 20.2 Å². The summed E-state index contributed by atoms with van der Waals surface area (Å²) < 4.78 is 6.97. The van der Waals surface area contributed by atoms with Gasteiger partial charge in [0.05, 0.1) is 34.5 Å². The third-order valence-corrected chi connectivity index (χ3v) is 5.90. The van der Waals surface area contributed by atoms with Gasteiger partial charge in [0.15, 0.2) is 5.65 Å². The van der Waals surface area contributed by atoms with E-state index in [9.17, 15) is 4.79 Å². The Labute approximate surface area is 175 Å². The lowest BCUT2D eigenvalue weighted by molar-refractivity contribution is 0.0623. The smallest absolute Gasteiger partial charge is 0.256 e. The number of piperidine rings is 1. The Morgan fingerprint density at radius 1 is 1.17 bits per heavy atom. The van der Waals surface area contributed by atoms with E-state index in [0.717, 1.165) is 36.6 Å². The van der Waals surface area contributed by atoms with Crippen molar-refractivity contribution in [2.45, 2.75) is 27.2 Å². The molecule has 29 heavy (non-hydrogen) atoms. The van der Waals surface area contributed by atoms with Crippen LogP contribution in [0.3, 0.4) is 0 Å². The molecule has 0 N–H and O–H groups in total. The van der Waals surface area contributed by atoms with Gasteiger partial charge in [-0.1, -0.05) is 25.4 Å². The lowest BCUT2D eigenvalue weighted by Crippen LogP contribution is -2.42. The molecule has 0 bridgehead atoms. The number of amides is 1. The van der Waals surface area contributed by atoms with Gasteiger partial charge in [0.2, 0.25) is 0 Å². The molecule has 2 aromatic heterocycles. The summed E-state index contributed by atoms with van der Waals surface area (Å²) in [6, 6.07) is 7.57. The van der Waals surface area contributed by atoms with E-state index in [-0.39, 0.29) is 5.91 Å². The highest BCUT2D eigenvalue weighted by atomic mass is 35.5. The number of aryl methyl sites for hydroxylation is 1. The summed E-state index contributed by atoms with van der Waals surface area (Å²) in [4.78, 5) is 19.6. The molecule has 0 spiro atoms. The number of ether oxygens (including phenoxy) is 1. The van der Waals surface area contributed by atoms with Crippen LogP contribution in [-0.2, 0) is 0 Å². The van der Waals surface area contributed by atoms with Gasteiger partial charge in [0, 0.05) is 19.3 Å². The Morgan fingerprint density at radius 3 is 2.45 bits per heavy atom. The highest BCUT2D eigenvalue weighted by Crippen LogP contribution is 2.32. The van der Waals surface area contributed by atoms with Crippen LogP contribution in [0.25, 0.3) is 16.7 Å². The molecule has 2 atom stereocenters. The zero-order valence-corrected chi connectivity index (χ0v) is 17.9. The molecule has 4 rings (SSSR count). The average Bonchev–Trinajstić information content (AvgIpc) is 3.04. The highest BCUT2D eigenvalue weighted by molar-refractivity contribution is 6.38. The van der Waals surface area contributed by atoms with Gasteiger partial charge in [0.1, 0.15) is 5.75 Å². The van der Waals surface area contributed by atoms with Crippen LogP contribution in [0.5, 0.6) is 5.75 Å². The maximum Gasteiger partial charge on any atom is 0.256 e. The van der Waals surface area contributed by atoms with Crippen LogP contribution in [0.15, 0.2) is 30.5 Å². The first-order valence-corrected chi connectivity index (χ1v) is 10.2. The van der Waals surface area contributed by atoms with Gasteiger partial charge >= 0.3 is 0 Å². The van der Waals surface area contributed by atoms with Crippen molar-refractivity contribution in [3.8, 4) is 11.4 Å². The molecule has 1 amide bonds. The number of carbonyl (C=O) groups is 1. The summed E-state index contributed by atoms with van der Waals surface area (Å²) in [5.74, 6) is 1.68. The van der Waals surface area contributed by atoms with E-state index < -0.39 is 0 Å². The standard InChI is InChI=1S/C22H25ClN4O2/c1-13-9-14(2)12-26(11-13)22(28)18-10-24-21-19(20(18)23)15(3)25-27(21)16-5-7-17(29-4)8-6-16/h5-8,10,13-14H,9,11-12H2,1-4H3/t13-,14-/m1/s1. The van der Waals surface area contributed by atoms with Crippen molar-refractivity contribution in [2.24, 2.45) is 11.8 Å². The van der Waals surface area contributed by atoms with Crippen LogP contribution >= 0.6 is 11.6 Å².